The first kappa shape index (κ1) is 12.8. The van der Waals surface area contributed by atoms with Crippen LogP contribution in [0, 0.1) is 0 Å². The van der Waals surface area contributed by atoms with Gasteiger partial charge in [0.2, 0.25) is 11.9 Å². The zero-order valence-electron chi connectivity index (χ0n) is 10.0. The van der Waals surface area contributed by atoms with Crippen LogP contribution in [0.4, 0.5) is 5.95 Å². The Morgan fingerprint density at radius 2 is 1.95 bits per heavy atom. The van der Waals surface area contributed by atoms with Crippen LogP contribution in [0.3, 0.4) is 0 Å². The van der Waals surface area contributed by atoms with Crippen molar-refractivity contribution >= 4 is 29.2 Å². The van der Waals surface area contributed by atoms with Gasteiger partial charge < -0.3 is 5.73 Å². The molecule has 0 atom stereocenters. The standard InChI is InChI=1S/C12H8Cl2N6/c13-7-1-2-9(14)8(5-7)10-17-11(15)19-12(18-10)20-4-3-16-6-20/h1-6H,(H2,15,17,18,19). The van der Waals surface area contributed by atoms with Crippen LogP contribution in [0.25, 0.3) is 17.3 Å². The van der Waals surface area contributed by atoms with Gasteiger partial charge in [0.05, 0.1) is 5.02 Å². The van der Waals surface area contributed by atoms with Crippen LogP contribution in [0.5, 0.6) is 0 Å². The number of anilines is 1. The van der Waals surface area contributed by atoms with Gasteiger partial charge in [-0.05, 0) is 18.2 Å². The molecule has 8 heteroatoms. The number of hydrogen-bond donors (Lipinski definition) is 1. The molecule has 0 amide bonds. The second kappa shape index (κ2) is 5.07. The maximum absolute atomic E-state index is 6.14. The molecule has 0 radical (unpaired) electrons. The van der Waals surface area contributed by atoms with Crippen molar-refractivity contribution in [2.45, 2.75) is 0 Å². The van der Waals surface area contributed by atoms with Gasteiger partial charge in [0.1, 0.15) is 6.33 Å². The molecule has 0 spiro atoms. The van der Waals surface area contributed by atoms with Crippen molar-refractivity contribution in [2.24, 2.45) is 0 Å². The Hall–Kier alpha value is -2.18. The first-order valence-corrected chi connectivity index (χ1v) is 6.34. The van der Waals surface area contributed by atoms with Gasteiger partial charge in [-0.3, -0.25) is 4.57 Å². The van der Waals surface area contributed by atoms with E-state index in [9.17, 15) is 0 Å². The van der Waals surface area contributed by atoms with Gasteiger partial charge >= 0.3 is 0 Å². The smallest absolute Gasteiger partial charge is 0.240 e. The van der Waals surface area contributed by atoms with E-state index in [4.69, 9.17) is 28.9 Å². The molecular weight excluding hydrogens is 299 g/mol. The lowest BCUT2D eigenvalue weighted by atomic mass is 10.2. The zero-order chi connectivity index (χ0) is 14.1. The Labute approximate surface area is 124 Å². The SMILES string of the molecule is Nc1nc(-c2cc(Cl)ccc2Cl)nc(-n2ccnc2)n1. The lowest BCUT2D eigenvalue weighted by Crippen LogP contribution is -2.06. The number of nitrogen functional groups attached to an aromatic ring is 1. The number of hydrogen-bond acceptors (Lipinski definition) is 5. The molecule has 2 N–H and O–H groups in total. The third-order valence-electron chi connectivity index (χ3n) is 2.55. The minimum absolute atomic E-state index is 0.0924. The van der Waals surface area contributed by atoms with E-state index in [1.54, 1.807) is 41.5 Å². The summed E-state index contributed by atoms with van der Waals surface area (Å²) in [5.41, 5.74) is 6.31. The second-order valence-corrected chi connectivity index (χ2v) is 4.75. The highest BCUT2D eigenvalue weighted by Crippen LogP contribution is 2.28. The molecule has 0 aliphatic heterocycles. The summed E-state index contributed by atoms with van der Waals surface area (Å²) in [6, 6.07) is 5.04. The molecule has 3 aromatic rings. The number of rotatable bonds is 2. The summed E-state index contributed by atoms with van der Waals surface area (Å²) in [5, 5.41) is 1.02. The molecule has 0 aliphatic rings. The molecule has 20 heavy (non-hydrogen) atoms. The number of nitrogens with two attached hydrogens (primary N) is 1. The fourth-order valence-corrected chi connectivity index (χ4v) is 2.04. The van der Waals surface area contributed by atoms with Crippen LogP contribution in [-0.2, 0) is 0 Å². The van der Waals surface area contributed by atoms with Gasteiger partial charge in [0, 0.05) is 23.0 Å². The van der Waals surface area contributed by atoms with Crippen LogP contribution in [-0.4, -0.2) is 24.5 Å². The van der Waals surface area contributed by atoms with Gasteiger partial charge in [-0.15, -0.1) is 0 Å². The summed E-state index contributed by atoms with van der Waals surface area (Å²) < 4.78 is 1.62. The van der Waals surface area contributed by atoms with Crippen LogP contribution < -0.4 is 5.73 Å². The summed E-state index contributed by atoms with van der Waals surface area (Å²) in [7, 11) is 0. The number of nitrogens with zero attached hydrogens (tertiary/aromatic N) is 5. The largest absolute Gasteiger partial charge is 0.368 e. The van der Waals surface area contributed by atoms with E-state index < -0.39 is 0 Å². The quantitative estimate of drug-likeness (QED) is 0.787. The molecule has 2 heterocycles. The molecule has 0 bridgehead atoms. The van der Waals surface area contributed by atoms with Crippen LogP contribution in [0.15, 0.2) is 36.9 Å². The van der Waals surface area contributed by atoms with Crippen LogP contribution in [0.2, 0.25) is 10.0 Å². The lowest BCUT2D eigenvalue weighted by molar-refractivity contribution is 0.906. The molecule has 2 aromatic heterocycles. The summed E-state index contributed by atoms with van der Waals surface area (Å²) in [4.78, 5) is 16.4. The second-order valence-electron chi connectivity index (χ2n) is 3.91. The molecule has 0 saturated carbocycles. The summed E-state index contributed by atoms with van der Waals surface area (Å²) in [6.45, 7) is 0. The highest BCUT2D eigenvalue weighted by molar-refractivity contribution is 6.35. The number of aromatic nitrogens is 5. The minimum atomic E-state index is 0.0924. The Balaban J connectivity index is 2.17. The van der Waals surface area contributed by atoms with E-state index in [-0.39, 0.29) is 5.95 Å². The Morgan fingerprint density at radius 1 is 1.10 bits per heavy atom. The van der Waals surface area contributed by atoms with Crippen molar-refractivity contribution < 1.29 is 0 Å². The Bertz CT molecular complexity index is 757. The van der Waals surface area contributed by atoms with Gasteiger partial charge in [-0.2, -0.15) is 15.0 Å². The molecule has 0 saturated heterocycles. The van der Waals surface area contributed by atoms with E-state index in [1.165, 1.54) is 0 Å². The van der Waals surface area contributed by atoms with Crippen molar-refractivity contribution in [1.29, 1.82) is 0 Å². The molecule has 0 aliphatic carbocycles. The molecule has 100 valence electrons. The van der Waals surface area contributed by atoms with Gasteiger partial charge in [0.25, 0.3) is 0 Å². The normalized spacial score (nSPS) is 10.7. The Kier molecular flexibility index (Phi) is 3.25. The summed E-state index contributed by atoms with van der Waals surface area (Å²) in [5.74, 6) is 0.810. The highest BCUT2D eigenvalue weighted by atomic mass is 35.5. The van der Waals surface area contributed by atoms with Crippen LogP contribution in [0.1, 0.15) is 0 Å². The fraction of sp³-hybridized carbons (Fsp3) is 0. The van der Waals surface area contributed by atoms with Crippen molar-refractivity contribution in [2.75, 3.05) is 5.73 Å². The third kappa shape index (κ3) is 2.43. The minimum Gasteiger partial charge on any atom is -0.368 e. The fourth-order valence-electron chi connectivity index (χ4n) is 1.66. The van der Waals surface area contributed by atoms with Crippen molar-refractivity contribution in [3.8, 4) is 17.3 Å². The third-order valence-corrected chi connectivity index (χ3v) is 3.11. The van der Waals surface area contributed by atoms with Gasteiger partial charge in [-0.1, -0.05) is 23.2 Å². The van der Waals surface area contributed by atoms with E-state index in [0.717, 1.165) is 0 Å². The molecule has 0 fully saturated rings. The zero-order valence-corrected chi connectivity index (χ0v) is 11.5. The first-order valence-electron chi connectivity index (χ1n) is 5.59. The van der Waals surface area contributed by atoms with E-state index in [2.05, 4.69) is 19.9 Å². The lowest BCUT2D eigenvalue weighted by Gasteiger charge is -2.07. The maximum atomic E-state index is 6.14. The monoisotopic (exact) mass is 306 g/mol. The van der Waals surface area contributed by atoms with Crippen molar-refractivity contribution in [1.82, 2.24) is 24.5 Å². The van der Waals surface area contributed by atoms with Crippen LogP contribution >= 0.6 is 23.2 Å². The van der Waals surface area contributed by atoms with E-state index in [1.807, 2.05) is 0 Å². The van der Waals surface area contributed by atoms with E-state index >= 15 is 0 Å². The molecule has 6 nitrogen and oxygen atoms in total. The van der Waals surface area contributed by atoms with Crippen molar-refractivity contribution in [3.63, 3.8) is 0 Å². The number of benzene rings is 1. The predicted molar refractivity (Wildman–Crippen MR) is 76.8 cm³/mol. The topological polar surface area (TPSA) is 82.5 Å². The average Bonchev–Trinajstić information content (AvgIpc) is 2.95. The van der Waals surface area contributed by atoms with Gasteiger partial charge in [-0.25, -0.2) is 4.98 Å². The summed E-state index contributed by atoms with van der Waals surface area (Å²) in [6.07, 6.45) is 4.89. The van der Waals surface area contributed by atoms with Gasteiger partial charge in [0.15, 0.2) is 5.82 Å². The highest BCUT2D eigenvalue weighted by Gasteiger charge is 2.11. The predicted octanol–water partition coefficient (Wildman–Crippen LogP) is 2.61. The number of halogens is 2. The molecular formula is C12H8Cl2N6. The molecule has 0 unspecified atom stereocenters. The molecule has 3 rings (SSSR count). The van der Waals surface area contributed by atoms with Crippen molar-refractivity contribution in [3.05, 3.63) is 47.0 Å². The van der Waals surface area contributed by atoms with E-state index in [0.29, 0.717) is 27.4 Å². The average molecular weight is 307 g/mol. The molecule has 1 aromatic carbocycles. The Morgan fingerprint density at radius 3 is 2.70 bits per heavy atom. The maximum Gasteiger partial charge on any atom is 0.240 e. The first-order chi connectivity index (χ1) is 9.63. The summed E-state index contributed by atoms with van der Waals surface area (Å²) >= 11 is 12.1. The number of imidazole rings is 1.